The molecular weight excluding hydrogens is 188 g/mol. The third-order valence-corrected chi connectivity index (χ3v) is 2.69. The summed E-state index contributed by atoms with van der Waals surface area (Å²) in [5.41, 5.74) is 7.36. The van der Waals surface area contributed by atoms with Gasteiger partial charge in [-0.15, -0.1) is 0 Å². The van der Waals surface area contributed by atoms with Gasteiger partial charge in [0.25, 0.3) is 0 Å². The van der Waals surface area contributed by atoms with Gasteiger partial charge in [0.15, 0.2) is 0 Å². The van der Waals surface area contributed by atoms with Crippen molar-refractivity contribution in [2.45, 2.75) is 19.3 Å². The van der Waals surface area contributed by atoms with Gasteiger partial charge in [0, 0.05) is 12.2 Å². The monoisotopic (exact) mass is 204 g/mol. The predicted octanol–water partition coefficient (Wildman–Crippen LogP) is 1.34. The number of nitrogens with one attached hydrogen (secondary N) is 1. The first-order valence-electron chi connectivity index (χ1n) is 5.36. The molecule has 1 aliphatic carbocycles. The lowest BCUT2D eigenvalue weighted by Crippen LogP contribution is -2.27. The minimum Gasteiger partial charge on any atom is -0.398 e. The van der Waals surface area contributed by atoms with Gasteiger partial charge in [-0.25, -0.2) is 0 Å². The summed E-state index contributed by atoms with van der Waals surface area (Å²) in [4.78, 5) is 11.5. The number of carbonyl (C=O) groups excluding carboxylic acids is 1. The van der Waals surface area contributed by atoms with Crippen LogP contribution in [0, 0.1) is 5.92 Å². The van der Waals surface area contributed by atoms with E-state index in [1.807, 2.05) is 24.3 Å². The lowest BCUT2D eigenvalue weighted by Gasteiger charge is -2.06. The minimum absolute atomic E-state index is 0.0693. The summed E-state index contributed by atoms with van der Waals surface area (Å²) in [5, 5.41) is 2.93. The predicted molar refractivity (Wildman–Crippen MR) is 60.3 cm³/mol. The van der Waals surface area contributed by atoms with Crippen molar-refractivity contribution in [3.05, 3.63) is 29.8 Å². The number of hydrogen-bond donors (Lipinski definition) is 2. The fourth-order valence-electron chi connectivity index (χ4n) is 1.51. The molecule has 0 saturated heterocycles. The normalized spacial score (nSPS) is 14.9. The molecule has 2 rings (SSSR count). The van der Waals surface area contributed by atoms with Gasteiger partial charge >= 0.3 is 0 Å². The first kappa shape index (κ1) is 10.0. The molecule has 1 aromatic rings. The van der Waals surface area contributed by atoms with Gasteiger partial charge in [-0.2, -0.15) is 0 Å². The molecule has 0 aromatic heterocycles. The van der Waals surface area contributed by atoms with E-state index >= 15 is 0 Å². The van der Waals surface area contributed by atoms with Crippen LogP contribution in [-0.2, 0) is 11.2 Å². The molecule has 1 aliphatic rings. The van der Waals surface area contributed by atoms with Crippen molar-refractivity contribution in [2.75, 3.05) is 12.3 Å². The summed E-state index contributed by atoms with van der Waals surface area (Å²) < 4.78 is 0. The molecule has 0 spiro atoms. The highest BCUT2D eigenvalue weighted by molar-refractivity contribution is 5.80. The highest BCUT2D eigenvalue weighted by Gasteiger charge is 2.21. The number of anilines is 1. The molecule has 1 fully saturated rings. The van der Waals surface area contributed by atoms with Gasteiger partial charge in [0.2, 0.25) is 5.91 Å². The first-order chi connectivity index (χ1) is 7.25. The number of carbonyl (C=O) groups is 1. The second-order valence-corrected chi connectivity index (χ2v) is 4.12. The van der Waals surface area contributed by atoms with Crippen molar-refractivity contribution in [3.8, 4) is 0 Å². The molecule has 0 atom stereocenters. The average Bonchev–Trinajstić information content (AvgIpc) is 3.02. The zero-order valence-electron chi connectivity index (χ0n) is 8.70. The van der Waals surface area contributed by atoms with Crippen LogP contribution in [0.25, 0.3) is 0 Å². The number of para-hydroxylation sites is 1. The van der Waals surface area contributed by atoms with E-state index in [9.17, 15) is 4.79 Å². The Morgan fingerprint density at radius 1 is 1.40 bits per heavy atom. The number of amides is 1. The van der Waals surface area contributed by atoms with Crippen molar-refractivity contribution >= 4 is 11.6 Å². The number of benzene rings is 1. The molecule has 0 bridgehead atoms. The van der Waals surface area contributed by atoms with Crippen LogP contribution in [0.1, 0.15) is 18.4 Å². The minimum atomic E-state index is 0.0693. The third-order valence-electron chi connectivity index (χ3n) is 2.69. The van der Waals surface area contributed by atoms with Crippen molar-refractivity contribution in [1.29, 1.82) is 0 Å². The summed E-state index contributed by atoms with van der Waals surface area (Å²) in [7, 11) is 0. The number of hydrogen-bond acceptors (Lipinski definition) is 2. The van der Waals surface area contributed by atoms with Crippen LogP contribution >= 0.6 is 0 Å². The molecule has 1 amide bonds. The third kappa shape index (κ3) is 2.98. The van der Waals surface area contributed by atoms with Crippen molar-refractivity contribution in [1.82, 2.24) is 5.32 Å². The van der Waals surface area contributed by atoms with E-state index in [2.05, 4.69) is 5.32 Å². The molecule has 15 heavy (non-hydrogen) atoms. The average molecular weight is 204 g/mol. The Hall–Kier alpha value is -1.51. The smallest absolute Gasteiger partial charge is 0.224 e. The Bertz CT molecular complexity index is 358. The van der Waals surface area contributed by atoms with E-state index < -0.39 is 0 Å². The van der Waals surface area contributed by atoms with Gasteiger partial charge in [-0.1, -0.05) is 18.2 Å². The molecule has 3 nitrogen and oxygen atoms in total. The molecule has 80 valence electrons. The zero-order valence-corrected chi connectivity index (χ0v) is 8.70. The number of rotatable bonds is 4. The van der Waals surface area contributed by atoms with Crippen LogP contribution in [0.5, 0.6) is 0 Å². The van der Waals surface area contributed by atoms with Crippen LogP contribution in [0.3, 0.4) is 0 Å². The fourth-order valence-corrected chi connectivity index (χ4v) is 1.51. The van der Waals surface area contributed by atoms with E-state index in [-0.39, 0.29) is 5.91 Å². The SMILES string of the molecule is Nc1ccccc1CC(=O)NCC1CC1. The molecule has 1 saturated carbocycles. The molecule has 3 N–H and O–H groups in total. The summed E-state index contributed by atoms with van der Waals surface area (Å²) >= 11 is 0. The fraction of sp³-hybridized carbons (Fsp3) is 0.417. The van der Waals surface area contributed by atoms with E-state index in [0.29, 0.717) is 12.1 Å². The van der Waals surface area contributed by atoms with E-state index in [1.165, 1.54) is 12.8 Å². The van der Waals surface area contributed by atoms with Crippen LogP contribution in [-0.4, -0.2) is 12.5 Å². The molecule has 0 heterocycles. The number of nitrogen functional groups attached to an aromatic ring is 1. The summed E-state index contributed by atoms with van der Waals surface area (Å²) in [6, 6.07) is 7.50. The van der Waals surface area contributed by atoms with Gasteiger partial charge in [0.1, 0.15) is 0 Å². The van der Waals surface area contributed by atoms with Gasteiger partial charge in [-0.05, 0) is 30.4 Å². The van der Waals surface area contributed by atoms with E-state index in [1.54, 1.807) is 0 Å². The molecule has 3 heteroatoms. The number of nitrogens with two attached hydrogens (primary N) is 1. The maximum atomic E-state index is 11.5. The van der Waals surface area contributed by atoms with Gasteiger partial charge < -0.3 is 11.1 Å². The van der Waals surface area contributed by atoms with Crippen LogP contribution in [0.4, 0.5) is 5.69 Å². The Kier molecular flexibility index (Phi) is 2.90. The summed E-state index contributed by atoms with van der Waals surface area (Å²) in [5.74, 6) is 0.793. The van der Waals surface area contributed by atoms with E-state index in [4.69, 9.17) is 5.73 Å². The topological polar surface area (TPSA) is 55.1 Å². The maximum Gasteiger partial charge on any atom is 0.224 e. The first-order valence-corrected chi connectivity index (χ1v) is 5.36. The van der Waals surface area contributed by atoms with Crippen LogP contribution in [0.15, 0.2) is 24.3 Å². The standard InChI is InChI=1S/C12H16N2O/c13-11-4-2-1-3-10(11)7-12(15)14-8-9-5-6-9/h1-4,9H,5-8,13H2,(H,14,15). The lowest BCUT2D eigenvalue weighted by molar-refractivity contribution is -0.120. The lowest BCUT2D eigenvalue weighted by atomic mass is 10.1. The van der Waals surface area contributed by atoms with Crippen molar-refractivity contribution < 1.29 is 4.79 Å². The Morgan fingerprint density at radius 3 is 2.80 bits per heavy atom. The highest BCUT2D eigenvalue weighted by atomic mass is 16.1. The van der Waals surface area contributed by atoms with Gasteiger partial charge in [0.05, 0.1) is 6.42 Å². The Balaban J connectivity index is 1.84. The summed E-state index contributed by atoms with van der Waals surface area (Å²) in [6.07, 6.45) is 2.90. The van der Waals surface area contributed by atoms with Gasteiger partial charge in [-0.3, -0.25) is 4.79 Å². The Morgan fingerprint density at radius 2 is 2.13 bits per heavy atom. The summed E-state index contributed by atoms with van der Waals surface area (Å²) in [6.45, 7) is 0.825. The second-order valence-electron chi connectivity index (χ2n) is 4.12. The molecule has 1 aromatic carbocycles. The highest BCUT2D eigenvalue weighted by Crippen LogP contribution is 2.27. The zero-order chi connectivity index (χ0) is 10.7. The quantitative estimate of drug-likeness (QED) is 0.727. The second kappa shape index (κ2) is 4.34. The van der Waals surface area contributed by atoms with Crippen molar-refractivity contribution in [2.24, 2.45) is 5.92 Å². The van der Waals surface area contributed by atoms with Crippen LogP contribution < -0.4 is 11.1 Å². The maximum absolute atomic E-state index is 11.5. The van der Waals surface area contributed by atoms with E-state index in [0.717, 1.165) is 18.0 Å². The molecule has 0 unspecified atom stereocenters. The Labute approximate surface area is 89.7 Å². The molecule has 0 radical (unpaired) electrons. The largest absolute Gasteiger partial charge is 0.398 e. The van der Waals surface area contributed by atoms with Crippen LogP contribution in [0.2, 0.25) is 0 Å². The molecular formula is C12H16N2O. The molecule has 0 aliphatic heterocycles. The van der Waals surface area contributed by atoms with Crippen molar-refractivity contribution in [3.63, 3.8) is 0 Å².